The van der Waals surface area contributed by atoms with E-state index in [2.05, 4.69) is 5.32 Å². The summed E-state index contributed by atoms with van der Waals surface area (Å²) in [6, 6.07) is 18.3. The van der Waals surface area contributed by atoms with Gasteiger partial charge in [-0.25, -0.2) is 8.42 Å². The molecule has 3 aromatic carbocycles. The second-order valence-electron chi connectivity index (χ2n) is 8.59. The summed E-state index contributed by atoms with van der Waals surface area (Å²) in [5.74, 6) is 1.10. The molecule has 192 valence electrons. The fraction of sp³-hybridized carbons (Fsp3) is 0.321. The van der Waals surface area contributed by atoms with Crippen LogP contribution in [0.3, 0.4) is 0 Å². The number of aryl methyl sites for hydroxylation is 2. The minimum Gasteiger partial charge on any atom is -0.490 e. The van der Waals surface area contributed by atoms with E-state index in [1.165, 1.54) is 10.6 Å². The van der Waals surface area contributed by atoms with Crippen LogP contribution in [0.2, 0.25) is 0 Å². The van der Waals surface area contributed by atoms with Crippen molar-refractivity contribution >= 4 is 21.6 Å². The van der Waals surface area contributed by atoms with E-state index in [0.717, 1.165) is 22.3 Å². The minimum atomic E-state index is -3.50. The van der Waals surface area contributed by atoms with Crippen molar-refractivity contribution in [2.45, 2.75) is 40.8 Å². The van der Waals surface area contributed by atoms with Crippen LogP contribution in [0.25, 0.3) is 0 Å². The first-order valence-electron chi connectivity index (χ1n) is 11.9. The summed E-state index contributed by atoms with van der Waals surface area (Å²) in [6.07, 6.45) is 1.20. The first kappa shape index (κ1) is 27.1. The number of amides is 1. The number of anilines is 1. The summed E-state index contributed by atoms with van der Waals surface area (Å²) in [5, 5.41) is 2.92. The highest BCUT2D eigenvalue weighted by atomic mass is 32.2. The SMILES string of the molecule is CCOc1ccc(CNC(=O)c2ccc(CN(c3cc(C)ccc3C)S(C)(=O)=O)cc2)cc1OCC. The Kier molecular flexibility index (Phi) is 8.98. The molecule has 0 aliphatic rings. The maximum absolute atomic E-state index is 12.7. The van der Waals surface area contributed by atoms with Gasteiger partial charge in [0.05, 0.1) is 31.7 Å². The summed E-state index contributed by atoms with van der Waals surface area (Å²) in [4.78, 5) is 12.7. The predicted octanol–water partition coefficient (Wildman–Crippen LogP) is 5.00. The first-order valence-corrected chi connectivity index (χ1v) is 13.8. The van der Waals surface area contributed by atoms with Gasteiger partial charge in [0.15, 0.2) is 11.5 Å². The van der Waals surface area contributed by atoms with Gasteiger partial charge < -0.3 is 14.8 Å². The van der Waals surface area contributed by atoms with Gasteiger partial charge in [-0.2, -0.15) is 0 Å². The molecule has 7 nitrogen and oxygen atoms in total. The van der Waals surface area contributed by atoms with Crippen molar-refractivity contribution < 1.29 is 22.7 Å². The second-order valence-corrected chi connectivity index (χ2v) is 10.5. The standard InChI is InChI=1S/C28H34N2O5S/c1-6-34-26-15-12-23(17-27(26)35-7-2)18-29-28(31)24-13-10-22(11-14-24)19-30(36(5,32)33)25-16-20(3)8-9-21(25)4/h8-17H,6-7,18-19H2,1-5H3,(H,29,31). The molecule has 0 saturated heterocycles. The Bertz CT molecular complexity index is 1300. The van der Waals surface area contributed by atoms with Crippen molar-refractivity contribution in [1.29, 1.82) is 0 Å². The molecular weight excluding hydrogens is 476 g/mol. The van der Waals surface area contributed by atoms with Crippen molar-refractivity contribution in [3.63, 3.8) is 0 Å². The fourth-order valence-corrected chi connectivity index (χ4v) is 4.72. The molecule has 1 amide bonds. The van der Waals surface area contributed by atoms with Crippen molar-refractivity contribution in [2.75, 3.05) is 23.8 Å². The van der Waals surface area contributed by atoms with E-state index in [-0.39, 0.29) is 12.5 Å². The number of sulfonamides is 1. The Balaban J connectivity index is 1.70. The average Bonchev–Trinajstić information content (AvgIpc) is 2.84. The van der Waals surface area contributed by atoms with Crippen LogP contribution in [0.4, 0.5) is 5.69 Å². The number of nitrogens with one attached hydrogen (secondary N) is 1. The molecule has 0 bridgehead atoms. The smallest absolute Gasteiger partial charge is 0.251 e. The molecule has 8 heteroatoms. The van der Waals surface area contributed by atoms with E-state index in [1.54, 1.807) is 24.3 Å². The molecule has 3 rings (SSSR count). The van der Waals surface area contributed by atoms with Crippen LogP contribution in [0, 0.1) is 13.8 Å². The third kappa shape index (κ3) is 7.01. The second kappa shape index (κ2) is 11.9. The van der Waals surface area contributed by atoms with Crippen LogP contribution in [-0.2, 0) is 23.1 Å². The van der Waals surface area contributed by atoms with Gasteiger partial charge in [0, 0.05) is 12.1 Å². The molecule has 0 aromatic heterocycles. The van der Waals surface area contributed by atoms with E-state index in [1.807, 2.05) is 64.1 Å². The van der Waals surface area contributed by atoms with Crippen molar-refractivity contribution in [2.24, 2.45) is 0 Å². The summed E-state index contributed by atoms with van der Waals surface area (Å²) in [6.45, 7) is 9.21. The third-order valence-electron chi connectivity index (χ3n) is 5.64. The van der Waals surface area contributed by atoms with Gasteiger partial charge in [0.25, 0.3) is 5.91 Å². The summed E-state index contributed by atoms with van der Waals surface area (Å²) in [7, 11) is -3.50. The highest BCUT2D eigenvalue weighted by Gasteiger charge is 2.20. The normalized spacial score (nSPS) is 11.1. The van der Waals surface area contributed by atoms with Crippen molar-refractivity contribution in [3.8, 4) is 11.5 Å². The van der Waals surface area contributed by atoms with Crippen molar-refractivity contribution in [1.82, 2.24) is 5.32 Å². The summed E-state index contributed by atoms with van der Waals surface area (Å²) in [5.41, 5.74) is 4.68. The van der Waals surface area contributed by atoms with Gasteiger partial charge in [-0.1, -0.05) is 30.3 Å². The number of carbonyl (C=O) groups excluding carboxylic acids is 1. The van der Waals surface area contributed by atoms with Crippen LogP contribution in [-0.4, -0.2) is 33.8 Å². The van der Waals surface area contributed by atoms with Gasteiger partial charge in [-0.3, -0.25) is 9.10 Å². The molecule has 3 aromatic rings. The Morgan fingerprint density at radius 3 is 2.14 bits per heavy atom. The number of rotatable bonds is 11. The number of ether oxygens (including phenoxy) is 2. The monoisotopic (exact) mass is 510 g/mol. The zero-order valence-electron chi connectivity index (χ0n) is 21.5. The van der Waals surface area contributed by atoms with Gasteiger partial charge in [-0.05, 0) is 80.3 Å². The number of hydrogen-bond acceptors (Lipinski definition) is 5. The molecule has 0 radical (unpaired) electrons. The lowest BCUT2D eigenvalue weighted by Gasteiger charge is -2.25. The van der Waals surface area contributed by atoms with Gasteiger partial charge in [0.2, 0.25) is 10.0 Å². The lowest BCUT2D eigenvalue weighted by atomic mass is 10.1. The minimum absolute atomic E-state index is 0.178. The highest BCUT2D eigenvalue weighted by Crippen LogP contribution is 2.29. The van der Waals surface area contributed by atoms with Gasteiger partial charge >= 0.3 is 0 Å². The quantitative estimate of drug-likeness (QED) is 0.393. The molecule has 0 aliphatic carbocycles. The maximum Gasteiger partial charge on any atom is 0.251 e. The zero-order valence-corrected chi connectivity index (χ0v) is 22.3. The van der Waals surface area contributed by atoms with Crippen LogP contribution in [0.1, 0.15) is 46.5 Å². The third-order valence-corrected chi connectivity index (χ3v) is 6.76. The fourth-order valence-electron chi connectivity index (χ4n) is 3.79. The molecule has 36 heavy (non-hydrogen) atoms. The van der Waals surface area contributed by atoms with E-state index >= 15 is 0 Å². The number of hydrogen-bond donors (Lipinski definition) is 1. The predicted molar refractivity (Wildman–Crippen MR) is 143 cm³/mol. The van der Waals surface area contributed by atoms with Crippen LogP contribution in [0.5, 0.6) is 11.5 Å². The molecule has 0 spiro atoms. The van der Waals surface area contributed by atoms with E-state index in [4.69, 9.17) is 9.47 Å². The molecule has 0 unspecified atom stereocenters. The molecule has 0 heterocycles. The van der Waals surface area contributed by atoms with Crippen molar-refractivity contribution in [3.05, 3.63) is 88.5 Å². The molecule has 1 N–H and O–H groups in total. The number of benzene rings is 3. The first-order chi connectivity index (χ1) is 17.1. The highest BCUT2D eigenvalue weighted by molar-refractivity contribution is 7.92. The number of nitrogens with zero attached hydrogens (tertiary/aromatic N) is 1. The summed E-state index contributed by atoms with van der Waals surface area (Å²) < 4.78 is 37.8. The Labute approximate surface area is 214 Å². The van der Waals surface area contributed by atoms with Gasteiger partial charge in [-0.15, -0.1) is 0 Å². The molecular formula is C28H34N2O5S. The molecule has 0 aliphatic heterocycles. The Hall–Kier alpha value is -3.52. The van der Waals surface area contributed by atoms with E-state index in [0.29, 0.717) is 42.5 Å². The topological polar surface area (TPSA) is 84.9 Å². The zero-order chi connectivity index (χ0) is 26.3. The average molecular weight is 511 g/mol. The Morgan fingerprint density at radius 2 is 1.50 bits per heavy atom. The van der Waals surface area contributed by atoms with Crippen LogP contribution >= 0.6 is 0 Å². The Morgan fingerprint density at radius 1 is 0.861 bits per heavy atom. The molecule has 0 atom stereocenters. The maximum atomic E-state index is 12.7. The molecule has 0 fully saturated rings. The lowest BCUT2D eigenvalue weighted by molar-refractivity contribution is 0.0951. The van der Waals surface area contributed by atoms with E-state index < -0.39 is 10.0 Å². The van der Waals surface area contributed by atoms with Crippen LogP contribution < -0.4 is 19.1 Å². The summed E-state index contributed by atoms with van der Waals surface area (Å²) >= 11 is 0. The lowest BCUT2D eigenvalue weighted by Crippen LogP contribution is -2.30. The van der Waals surface area contributed by atoms with E-state index in [9.17, 15) is 13.2 Å². The number of carbonyl (C=O) groups is 1. The largest absolute Gasteiger partial charge is 0.490 e. The molecule has 0 saturated carbocycles. The van der Waals surface area contributed by atoms with Crippen LogP contribution in [0.15, 0.2) is 60.7 Å². The van der Waals surface area contributed by atoms with Gasteiger partial charge in [0.1, 0.15) is 0 Å².